The van der Waals surface area contributed by atoms with Crippen LogP contribution in [-0.4, -0.2) is 33.6 Å². The molecule has 0 saturated heterocycles. The van der Waals surface area contributed by atoms with Gasteiger partial charge in [0.05, 0.1) is 28.7 Å². The maximum atomic E-state index is 13.2. The van der Waals surface area contributed by atoms with Crippen LogP contribution in [0.5, 0.6) is 0 Å². The van der Waals surface area contributed by atoms with E-state index in [4.69, 9.17) is 4.98 Å². The molecule has 148 valence electrons. The minimum Gasteiger partial charge on any atom is -0.336 e. The number of fused-ring (bicyclic) bond motifs is 2. The van der Waals surface area contributed by atoms with Crippen LogP contribution in [0, 0.1) is 0 Å². The van der Waals surface area contributed by atoms with Crippen molar-refractivity contribution in [3.63, 3.8) is 0 Å². The summed E-state index contributed by atoms with van der Waals surface area (Å²) in [5.74, 6) is -0.0893. The molecule has 2 amide bonds. The van der Waals surface area contributed by atoms with Gasteiger partial charge < -0.3 is 9.80 Å². The standard InChI is InChI=1S/C23H23N3O2S/c1-15(23-24-19-10-6-7-11-21(19)29-23)25(3)22(28)14-20-18-9-5-4-8-17(18)12-13-26(20)16(2)27/h4-13,15,20H,14H2,1-3H3/t15-,20+/m1/s1. The Hall–Kier alpha value is -2.99. The zero-order valence-corrected chi connectivity index (χ0v) is 17.5. The summed E-state index contributed by atoms with van der Waals surface area (Å²) in [4.78, 5) is 33.4. The van der Waals surface area contributed by atoms with Gasteiger partial charge in [-0.15, -0.1) is 11.3 Å². The molecule has 29 heavy (non-hydrogen) atoms. The number of benzene rings is 2. The number of hydrogen-bond donors (Lipinski definition) is 0. The van der Waals surface area contributed by atoms with E-state index in [1.807, 2.05) is 68.6 Å². The van der Waals surface area contributed by atoms with Crippen molar-refractivity contribution < 1.29 is 9.59 Å². The van der Waals surface area contributed by atoms with Gasteiger partial charge in [-0.1, -0.05) is 36.4 Å². The third-order valence-corrected chi connectivity index (χ3v) is 6.69. The summed E-state index contributed by atoms with van der Waals surface area (Å²) in [7, 11) is 1.81. The summed E-state index contributed by atoms with van der Waals surface area (Å²) < 4.78 is 1.12. The number of nitrogens with zero attached hydrogens (tertiary/aromatic N) is 3. The first-order valence-corrected chi connectivity index (χ1v) is 10.4. The lowest BCUT2D eigenvalue weighted by molar-refractivity contribution is -0.135. The number of aromatic nitrogens is 1. The number of para-hydroxylation sites is 1. The molecule has 3 aromatic rings. The maximum Gasteiger partial charge on any atom is 0.225 e. The number of rotatable bonds is 4. The van der Waals surface area contributed by atoms with Crippen LogP contribution >= 0.6 is 11.3 Å². The van der Waals surface area contributed by atoms with Crippen molar-refractivity contribution >= 4 is 39.4 Å². The highest BCUT2D eigenvalue weighted by Crippen LogP contribution is 2.35. The molecule has 4 rings (SSSR count). The SMILES string of the molecule is CC(=O)N1C=Cc2ccccc2[C@@H]1CC(=O)N(C)[C@H](C)c1nc2ccccc2s1. The molecule has 2 aromatic carbocycles. The first-order chi connectivity index (χ1) is 14.0. The van der Waals surface area contributed by atoms with Gasteiger partial charge in [-0.2, -0.15) is 0 Å². The molecular weight excluding hydrogens is 382 g/mol. The van der Waals surface area contributed by atoms with Gasteiger partial charge in [0.15, 0.2) is 0 Å². The molecule has 0 fully saturated rings. The molecule has 0 aliphatic carbocycles. The molecule has 1 aliphatic rings. The predicted molar refractivity (Wildman–Crippen MR) is 116 cm³/mol. The van der Waals surface area contributed by atoms with Crippen LogP contribution in [0.3, 0.4) is 0 Å². The third kappa shape index (κ3) is 3.68. The second-order valence-corrected chi connectivity index (χ2v) is 8.35. The highest BCUT2D eigenvalue weighted by molar-refractivity contribution is 7.18. The largest absolute Gasteiger partial charge is 0.336 e. The van der Waals surface area contributed by atoms with E-state index in [-0.39, 0.29) is 30.3 Å². The lowest BCUT2D eigenvalue weighted by atomic mass is 9.93. The van der Waals surface area contributed by atoms with E-state index in [9.17, 15) is 9.59 Å². The van der Waals surface area contributed by atoms with Gasteiger partial charge in [0.1, 0.15) is 5.01 Å². The molecule has 1 aliphatic heterocycles. The van der Waals surface area contributed by atoms with Crippen LogP contribution in [0.25, 0.3) is 16.3 Å². The van der Waals surface area contributed by atoms with E-state index < -0.39 is 0 Å². The van der Waals surface area contributed by atoms with E-state index in [0.717, 1.165) is 26.4 Å². The zero-order chi connectivity index (χ0) is 20.5. The fraction of sp³-hybridized carbons (Fsp3) is 0.261. The van der Waals surface area contributed by atoms with Gasteiger partial charge in [0.25, 0.3) is 0 Å². The van der Waals surface area contributed by atoms with Gasteiger partial charge in [-0.05, 0) is 36.3 Å². The molecule has 0 spiro atoms. The number of carbonyl (C=O) groups excluding carboxylic acids is 2. The number of hydrogen-bond acceptors (Lipinski definition) is 4. The van der Waals surface area contributed by atoms with Gasteiger partial charge in [-0.25, -0.2) is 4.98 Å². The van der Waals surface area contributed by atoms with Crippen molar-refractivity contribution in [2.24, 2.45) is 0 Å². The van der Waals surface area contributed by atoms with Crippen LogP contribution in [0.2, 0.25) is 0 Å². The highest BCUT2D eigenvalue weighted by atomic mass is 32.1. The molecule has 0 unspecified atom stereocenters. The van der Waals surface area contributed by atoms with Gasteiger partial charge >= 0.3 is 0 Å². The van der Waals surface area contributed by atoms with E-state index in [1.54, 1.807) is 27.3 Å². The van der Waals surface area contributed by atoms with Crippen LogP contribution < -0.4 is 0 Å². The van der Waals surface area contributed by atoms with E-state index >= 15 is 0 Å². The van der Waals surface area contributed by atoms with Crippen LogP contribution in [0.15, 0.2) is 54.7 Å². The van der Waals surface area contributed by atoms with Crippen LogP contribution in [-0.2, 0) is 9.59 Å². The second kappa shape index (κ2) is 7.79. The first kappa shape index (κ1) is 19.3. The minimum absolute atomic E-state index is 0.0156. The summed E-state index contributed by atoms with van der Waals surface area (Å²) in [6, 6.07) is 15.5. The molecular formula is C23H23N3O2S. The lowest BCUT2D eigenvalue weighted by Crippen LogP contribution is -2.36. The Morgan fingerprint density at radius 1 is 1.17 bits per heavy atom. The van der Waals surface area contributed by atoms with E-state index in [2.05, 4.69) is 0 Å². The summed E-state index contributed by atoms with van der Waals surface area (Å²) in [6.07, 6.45) is 3.93. The Kier molecular flexibility index (Phi) is 5.20. The summed E-state index contributed by atoms with van der Waals surface area (Å²) in [6.45, 7) is 3.52. The molecule has 0 N–H and O–H groups in total. The molecule has 1 aromatic heterocycles. The average Bonchev–Trinajstić information content (AvgIpc) is 3.16. The van der Waals surface area contributed by atoms with Crippen molar-refractivity contribution in [3.05, 3.63) is 70.9 Å². The van der Waals surface area contributed by atoms with E-state index in [0.29, 0.717) is 0 Å². The Morgan fingerprint density at radius 2 is 1.90 bits per heavy atom. The first-order valence-electron chi connectivity index (χ1n) is 9.63. The molecule has 6 heteroatoms. The fourth-order valence-electron chi connectivity index (χ4n) is 3.67. The monoisotopic (exact) mass is 405 g/mol. The smallest absolute Gasteiger partial charge is 0.225 e. The Labute approximate surface area is 174 Å². The molecule has 5 nitrogen and oxygen atoms in total. The van der Waals surface area contributed by atoms with Gasteiger partial charge in [0, 0.05) is 20.2 Å². The Bertz CT molecular complexity index is 1070. The second-order valence-electron chi connectivity index (χ2n) is 7.29. The van der Waals surface area contributed by atoms with Crippen molar-refractivity contribution in [2.45, 2.75) is 32.4 Å². The number of thiazole rings is 1. The Balaban J connectivity index is 1.56. The summed E-state index contributed by atoms with van der Waals surface area (Å²) >= 11 is 1.61. The minimum atomic E-state index is -0.300. The van der Waals surface area contributed by atoms with Crippen molar-refractivity contribution in [3.8, 4) is 0 Å². The quantitative estimate of drug-likeness (QED) is 0.628. The average molecular weight is 406 g/mol. The highest BCUT2D eigenvalue weighted by Gasteiger charge is 2.30. The predicted octanol–water partition coefficient (Wildman–Crippen LogP) is 4.78. The van der Waals surface area contributed by atoms with E-state index in [1.165, 1.54) is 6.92 Å². The Morgan fingerprint density at radius 3 is 2.66 bits per heavy atom. The molecule has 2 heterocycles. The van der Waals surface area contributed by atoms with Gasteiger partial charge in [0.2, 0.25) is 11.8 Å². The summed E-state index contributed by atoms with van der Waals surface area (Å²) in [5.41, 5.74) is 3.00. The maximum absolute atomic E-state index is 13.2. The third-order valence-electron chi connectivity index (χ3n) is 5.48. The molecule has 2 atom stereocenters. The van der Waals surface area contributed by atoms with Crippen molar-refractivity contribution in [1.82, 2.24) is 14.8 Å². The molecule has 0 radical (unpaired) electrons. The molecule has 0 saturated carbocycles. The van der Waals surface area contributed by atoms with Crippen LogP contribution in [0.4, 0.5) is 0 Å². The van der Waals surface area contributed by atoms with Crippen molar-refractivity contribution in [1.29, 1.82) is 0 Å². The normalized spacial score (nSPS) is 16.5. The summed E-state index contributed by atoms with van der Waals surface area (Å²) in [5, 5.41) is 0.911. The van der Waals surface area contributed by atoms with Crippen LogP contribution in [0.1, 0.15) is 48.5 Å². The van der Waals surface area contributed by atoms with Crippen molar-refractivity contribution in [2.75, 3.05) is 7.05 Å². The topological polar surface area (TPSA) is 53.5 Å². The number of carbonyl (C=O) groups is 2. The zero-order valence-electron chi connectivity index (χ0n) is 16.7. The lowest BCUT2D eigenvalue weighted by Gasteiger charge is -2.34. The number of amides is 2. The van der Waals surface area contributed by atoms with Gasteiger partial charge in [-0.3, -0.25) is 9.59 Å². The molecule has 0 bridgehead atoms. The fourth-order valence-corrected chi connectivity index (χ4v) is 4.74.